The lowest BCUT2D eigenvalue weighted by atomic mass is 10.2. The highest BCUT2D eigenvalue weighted by atomic mass is 79.9. The molecule has 1 heterocycles. The number of rotatable bonds is 3. The third-order valence-corrected chi connectivity index (χ3v) is 5.78. The van der Waals surface area contributed by atoms with Gasteiger partial charge in [0.2, 0.25) is 0 Å². The summed E-state index contributed by atoms with van der Waals surface area (Å²) in [4.78, 5) is 0.207. The molecular weight excluding hydrogens is 381 g/mol. The van der Waals surface area contributed by atoms with Crippen LogP contribution in [0.25, 0.3) is 4.91 Å². The summed E-state index contributed by atoms with van der Waals surface area (Å²) in [6, 6.07) is 13.4. The fraction of sp³-hybridized carbons (Fsp3) is 0.0588. The highest BCUT2D eigenvalue weighted by Crippen LogP contribution is 2.29. The van der Waals surface area contributed by atoms with Crippen LogP contribution in [0.1, 0.15) is 11.1 Å². The van der Waals surface area contributed by atoms with Gasteiger partial charge in [0.05, 0.1) is 11.4 Å². The number of hydrogen-bond acceptors (Lipinski definition) is 2. The minimum absolute atomic E-state index is 0.0535. The first-order valence-electron chi connectivity index (χ1n) is 6.88. The Bertz CT molecular complexity index is 892. The second-order valence-corrected chi connectivity index (χ2v) is 7.80. The molecule has 0 aromatic heterocycles. The van der Waals surface area contributed by atoms with E-state index in [0.717, 1.165) is 4.31 Å². The molecule has 0 saturated heterocycles. The molecule has 0 saturated carbocycles. The Labute approximate surface area is 142 Å². The van der Waals surface area contributed by atoms with Crippen molar-refractivity contribution < 1.29 is 12.8 Å². The first kappa shape index (κ1) is 16.0. The smallest absolute Gasteiger partial charge is 0.264 e. The molecule has 2 aromatic carbocycles. The van der Waals surface area contributed by atoms with E-state index in [9.17, 15) is 12.8 Å². The van der Waals surface area contributed by atoms with Crippen LogP contribution in [0.3, 0.4) is 0 Å². The SMILES string of the molecule is O=S1(=O)C(c2ccccc2)=CC=CN1Cc1ccc(Br)cc1F. The van der Waals surface area contributed by atoms with E-state index in [0.29, 0.717) is 15.6 Å². The third-order valence-electron chi connectivity index (χ3n) is 3.49. The standard InChI is InChI=1S/C17H13BrFNO2S/c18-15-9-8-14(16(19)11-15)12-20-10-4-7-17(23(20,21)22)13-5-2-1-3-6-13/h1-11H,12H2. The minimum atomic E-state index is -3.71. The van der Waals surface area contributed by atoms with E-state index in [2.05, 4.69) is 15.9 Å². The van der Waals surface area contributed by atoms with E-state index in [-0.39, 0.29) is 11.4 Å². The quantitative estimate of drug-likeness (QED) is 0.779. The fourth-order valence-corrected chi connectivity index (χ4v) is 4.13. The van der Waals surface area contributed by atoms with E-state index in [1.54, 1.807) is 48.6 Å². The summed E-state index contributed by atoms with van der Waals surface area (Å²) in [6.45, 7) is -0.0535. The predicted octanol–water partition coefficient (Wildman–Crippen LogP) is 4.29. The molecule has 0 N–H and O–H groups in total. The second-order valence-electron chi connectivity index (χ2n) is 5.02. The van der Waals surface area contributed by atoms with Gasteiger partial charge in [0.25, 0.3) is 10.0 Å². The second kappa shape index (κ2) is 6.29. The maximum absolute atomic E-state index is 14.0. The molecule has 0 aliphatic carbocycles. The molecule has 0 atom stereocenters. The summed E-state index contributed by atoms with van der Waals surface area (Å²) in [5.74, 6) is -0.446. The van der Waals surface area contributed by atoms with Gasteiger partial charge in [-0.05, 0) is 29.8 Å². The lowest BCUT2D eigenvalue weighted by molar-refractivity contribution is 0.492. The molecule has 23 heavy (non-hydrogen) atoms. The molecule has 0 radical (unpaired) electrons. The Balaban J connectivity index is 1.94. The van der Waals surface area contributed by atoms with Crippen molar-refractivity contribution in [2.75, 3.05) is 0 Å². The van der Waals surface area contributed by atoms with E-state index in [1.165, 1.54) is 12.3 Å². The number of hydrogen-bond donors (Lipinski definition) is 0. The Morgan fingerprint density at radius 1 is 1.09 bits per heavy atom. The van der Waals surface area contributed by atoms with Gasteiger partial charge >= 0.3 is 0 Å². The van der Waals surface area contributed by atoms with Crippen molar-refractivity contribution in [3.63, 3.8) is 0 Å². The molecule has 0 fully saturated rings. The van der Waals surface area contributed by atoms with Crippen molar-refractivity contribution in [3.05, 3.63) is 88.3 Å². The number of nitrogens with zero attached hydrogens (tertiary/aromatic N) is 1. The number of allylic oxidation sites excluding steroid dienone is 2. The molecule has 118 valence electrons. The zero-order chi connectivity index (χ0) is 16.4. The van der Waals surface area contributed by atoms with Crippen molar-refractivity contribution in [1.82, 2.24) is 4.31 Å². The van der Waals surface area contributed by atoms with Gasteiger partial charge in [-0.3, -0.25) is 4.31 Å². The van der Waals surface area contributed by atoms with Crippen LogP contribution in [0.4, 0.5) is 4.39 Å². The lowest BCUT2D eigenvalue weighted by Crippen LogP contribution is -2.28. The molecule has 3 rings (SSSR count). The van der Waals surface area contributed by atoms with Crippen LogP contribution in [0.2, 0.25) is 0 Å². The average Bonchev–Trinajstić information content (AvgIpc) is 2.52. The molecule has 0 spiro atoms. The molecule has 1 aliphatic rings. The van der Waals surface area contributed by atoms with Gasteiger partial charge in [-0.1, -0.05) is 52.3 Å². The van der Waals surface area contributed by atoms with E-state index >= 15 is 0 Å². The Hall–Kier alpha value is -1.92. The maximum atomic E-state index is 14.0. The van der Waals surface area contributed by atoms with Gasteiger partial charge in [0.15, 0.2) is 0 Å². The Morgan fingerprint density at radius 2 is 1.83 bits per heavy atom. The topological polar surface area (TPSA) is 37.4 Å². The number of sulfonamides is 1. The molecule has 6 heteroatoms. The van der Waals surface area contributed by atoms with Gasteiger partial charge in [0, 0.05) is 16.2 Å². The third kappa shape index (κ3) is 3.23. The van der Waals surface area contributed by atoms with Crippen molar-refractivity contribution in [2.45, 2.75) is 6.54 Å². The Kier molecular flexibility index (Phi) is 4.37. The summed E-state index contributed by atoms with van der Waals surface area (Å²) in [7, 11) is -3.71. The molecule has 0 amide bonds. The van der Waals surface area contributed by atoms with Crippen LogP contribution in [0.5, 0.6) is 0 Å². The lowest BCUT2D eigenvalue weighted by Gasteiger charge is -2.25. The van der Waals surface area contributed by atoms with Crippen molar-refractivity contribution in [2.24, 2.45) is 0 Å². The minimum Gasteiger partial charge on any atom is -0.269 e. The van der Waals surface area contributed by atoms with Gasteiger partial charge in [-0.2, -0.15) is 0 Å². The van der Waals surface area contributed by atoms with E-state index < -0.39 is 15.8 Å². The van der Waals surface area contributed by atoms with Crippen LogP contribution in [-0.2, 0) is 16.6 Å². The summed E-state index contributed by atoms with van der Waals surface area (Å²) >= 11 is 3.19. The zero-order valence-corrected chi connectivity index (χ0v) is 14.4. The summed E-state index contributed by atoms with van der Waals surface area (Å²) in [6.07, 6.45) is 4.66. The monoisotopic (exact) mass is 393 g/mol. The first-order chi connectivity index (χ1) is 11.0. The number of benzene rings is 2. The zero-order valence-electron chi connectivity index (χ0n) is 12.0. The van der Waals surface area contributed by atoms with Crippen LogP contribution < -0.4 is 0 Å². The molecule has 2 aromatic rings. The van der Waals surface area contributed by atoms with Gasteiger partial charge in [-0.15, -0.1) is 0 Å². The van der Waals surface area contributed by atoms with Crippen molar-refractivity contribution in [3.8, 4) is 0 Å². The summed E-state index contributed by atoms with van der Waals surface area (Å²) < 4.78 is 41.3. The molecular formula is C17H13BrFNO2S. The van der Waals surface area contributed by atoms with Crippen LogP contribution in [0, 0.1) is 5.82 Å². The molecule has 0 bridgehead atoms. The predicted molar refractivity (Wildman–Crippen MR) is 92.1 cm³/mol. The van der Waals surface area contributed by atoms with Crippen LogP contribution in [0.15, 0.2) is 71.4 Å². The highest BCUT2D eigenvalue weighted by Gasteiger charge is 2.28. The van der Waals surface area contributed by atoms with Crippen molar-refractivity contribution in [1.29, 1.82) is 0 Å². The van der Waals surface area contributed by atoms with E-state index in [4.69, 9.17) is 0 Å². The maximum Gasteiger partial charge on any atom is 0.264 e. The van der Waals surface area contributed by atoms with Crippen LogP contribution in [-0.4, -0.2) is 12.7 Å². The number of halogens is 2. The van der Waals surface area contributed by atoms with Gasteiger partial charge in [-0.25, -0.2) is 12.8 Å². The Morgan fingerprint density at radius 3 is 2.52 bits per heavy atom. The highest BCUT2D eigenvalue weighted by molar-refractivity contribution is 9.10. The fourth-order valence-electron chi connectivity index (χ4n) is 2.32. The molecule has 3 nitrogen and oxygen atoms in total. The average molecular weight is 394 g/mol. The molecule has 1 aliphatic heterocycles. The summed E-state index contributed by atoms with van der Waals surface area (Å²) in [5, 5.41) is 0. The summed E-state index contributed by atoms with van der Waals surface area (Å²) in [5.41, 5.74) is 0.925. The van der Waals surface area contributed by atoms with Gasteiger partial charge in [0.1, 0.15) is 5.82 Å². The van der Waals surface area contributed by atoms with Crippen molar-refractivity contribution >= 4 is 30.9 Å². The molecule has 0 unspecified atom stereocenters. The largest absolute Gasteiger partial charge is 0.269 e. The van der Waals surface area contributed by atoms with Crippen LogP contribution >= 0.6 is 15.9 Å². The normalized spacial score (nSPS) is 16.3. The van der Waals surface area contributed by atoms with Gasteiger partial charge < -0.3 is 0 Å². The first-order valence-corrected chi connectivity index (χ1v) is 9.11. The van der Waals surface area contributed by atoms with E-state index in [1.807, 2.05) is 6.07 Å².